The molecule has 3 rings (SSSR count). The summed E-state index contributed by atoms with van der Waals surface area (Å²) in [5.74, 6) is -0.379. The number of aromatic nitrogens is 1. The lowest BCUT2D eigenvalue weighted by Crippen LogP contribution is -2.39. The molecule has 1 N–H and O–H groups in total. The van der Waals surface area contributed by atoms with Crippen molar-refractivity contribution in [3.05, 3.63) is 30.1 Å². The van der Waals surface area contributed by atoms with E-state index in [1.807, 2.05) is 24.4 Å². The highest BCUT2D eigenvalue weighted by Gasteiger charge is 2.42. The third kappa shape index (κ3) is 3.30. The van der Waals surface area contributed by atoms with Crippen molar-refractivity contribution in [3.8, 4) is 0 Å². The Morgan fingerprint density at radius 2 is 2.21 bits per heavy atom. The van der Waals surface area contributed by atoms with E-state index in [9.17, 15) is 0 Å². The number of rotatable bonds is 4. The maximum Gasteiger partial charge on any atom is 0.173 e. The molecule has 2 saturated heterocycles. The van der Waals surface area contributed by atoms with Gasteiger partial charge in [0.2, 0.25) is 0 Å². The third-order valence-corrected chi connectivity index (χ3v) is 3.57. The van der Waals surface area contributed by atoms with Gasteiger partial charge in [0.1, 0.15) is 0 Å². The Bertz CT molecular complexity index is 393. The zero-order chi connectivity index (χ0) is 13.0. The van der Waals surface area contributed by atoms with E-state index in [0.717, 1.165) is 44.8 Å². The van der Waals surface area contributed by atoms with Crippen LogP contribution in [0.3, 0.4) is 0 Å². The summed E-state index contributed by atoms with van der Waals surface area (Å²) < 4.78 is 17.2. The molecule has 2 aliphatic rings. The van der Waals surface area contributed by atoms with E-state index in [0.29, 0.717) is 6.61 Å². The normalized spacial score (nSPS) is 25.8. The van der Waals surface area contributed by atoms with Gasteiger partial charge in [0.25, 0.3) is 0 Å². The lowest BCUT2D eigenvalue weighted by atomic mass is 10.1. The summed E-state index contributed by atoms with van der Waals surface area (Å²) >= 11 is 0. The van der Waals surface area contributed by atoms with Gasteiger partial charge >= 0.3 is 0 Å². The first-order valence-electron chi connectivity index (χ1n) is 6.86. The molecule has 0 amide bonds. The van der Waals surface area contributed by atoms with Crippen LogP contribution in [0.2, 0.25) is 0 Å². The summed E-state index contributed by atoms with van der Waals surface area (Å²) in [6, 6.07) is 5.93. The van der Waals surface area contributed by atoms with Crippen LogP contribution in [0.25, 0.3) is 0 Å². The third-order valence-electron chi connectivity index (χ3n) is 3.57. The Hall–Kier alpha value is -1.01. The summed E-state index contributed by atoms with van der Waals surface area (Å²) in [5.41, 5.74) is 1.04. The van der Waals surface area contributed by atoms with E-state index in [4.69, 9.17) is 14.2 Å². The van der Waals surface area contributed by atoms with Gasteiger partial charge in [0.05, 0.1) is 31.6 Å². The van der Waals surface area contributed by atoms with Gasteiger partial charge in [-0.1, -0.05) is 6.07 Å². The number of hydrogen-bond donors (Lipinski definition) is 1. The predicted octanol–water partition coefficient (Wildman–Crippen LogP) is 1.09. The van der Waals surface area contributed by atoms with Crippen LogP contribution in [0, 0.1) is 0 Å². The molecule has 2 aliphatic heterocycles. The van der Waals surface area contributed by atoms with E-state index in [1.54, 1.807) is 0 Å². The van der Waals surface area contributed by atoms with Gasteiger partial charge in [0, 0.05) is 32.1 Å². The van der Waals surface area contributed by atoms with Crippen LogP contribution >= 0.6 is 0 Å². The zero-order valence-corrected chi connectivity index (χ0v) is 11.0. The van der Waals surface area contributed by atoms with Gasteiger partial charge in [0.15, 0.2) is 5.79 Å². The summed E-state index contributed by atoms with van der Waals surface area (Å²) in [6.07, 6.45) is 3.61. The highest BCUT2D eigenvalue weighted by atomic mass is 16.7. The van der Waals surface area contributed by atoms with Crippen LogP contribution in [-0.4, -0.2) is 43.2 Å². The SMILES string of the molecule is c1ccc(CNCC2COC3(CCOCC3)O2)nc1. The van der Waals surface area contributed by atoms with Crippen molar-refractivity contribution in [1.29, 1.82) is 0 Å². The smallest absolute Gasteiger partial charge is 0.173 e. The minimum atomic E-state index is -0.379. The molecule has 1 unspecified atom stereocenters. The van der Waals surface area contributed by atoms with Crippen LogP contribution in [0.5, 0.6) is 0 Å². The van der Waals surface area contributed by atoms with E-state index in [1.165, 1.54) is 0 Å². The fraction of sp³-hybridized carbons (Fsp3) is 0.643. The van der Waals surface area contributed by atoms with Crippen LogP contribution in [0.15, 0.2) is 24.4 Å². The maximum absolute atomic E-state index is 6.04. The largest absolute Gasteiger partial charge is 0.381 e. The lowest BCUT2D eigenvalue weighted by Gasteiger charge is -2.31. The summed E-state index contributed by atoms with van der Waals surface area (Å²) in [6.45, 7) is 3.67. The molecule has 3 heterocycles. The highest BCUT2D eigenvalue weighted by Crippen LogP contribution is 2.32. The number of nitrogens with one attached hydrogen (secondary N) is 1. The topological polar surface area (TPSA) is 52.6 Å². The second-order valence-electron chi connectivity index (χ2n) is 5.03. The average Bonchev–Trinajstić information content (AvgIpc) is 2.84. The minimum absolute atomic E-state index is 0.127. The monoisotopic (exact) mass is 264 g/mol. The summed E-state index contributed by atoms with van der Waals surface area (Å²) in [7, 11) is 0. The van der Waals surface area contributed by atoms with E-state index in [-0.39, 0.29) is 11.9 Å². The van der Waals surface area contributed by atoms with Gasteiger partial charge in [-0.05, 0) is 12.1 Å². The van der Waals surface area contributed by atoms with Crippen molar-refractivity contribution in [2.45, 2.75) is 31.3 Å². The molecule has 0 aliphatic carbocycles. The first kappa shape index (κ1) is 13.0. The predicted molar refractivity (Wildman–Crippen MR) is 69.6 cm³/mol. The number of pyridine rings is 1. The summed E-state index contributed by atoms with van der Waals surface area (Å²) in [5, 5.41) is 3.37. The highest BCUT2D eigenvalue weighted by molar-refractivity contribution is 5.02. The van der Waals surface area contributed by atoms with Crippen molar-refractivity contribution >= 4 is 0 Å². The summed E-state index contributed by atoms with van der Waals surface area (Å²) in [4.78, 5) is 4.28. The maximum atomic E-state index is 6.04. The fourth-order valence-corrected chi connectivity index (χ4v) is 2.53. The molecule has 1 aromatic heterocycles. The molecule has 5 nitrogen and oxygen atoms in total. The molecule has 1 aromatic rings. The molecule has 0 aromatic carbocycles. The number of ether oxygens (including phenoxy) is 3. The Kier molecular flexibility index (Phi) is 4.08. The van der Waals surface area contributed by atoms with Crippen molar-refractivity contribution in [1.82, 2.24) is 10.3 Å². The van der Waals surface area contributed by atoms with Crippen molar-refractivity contribution < 1.29 is 14.2 Å². The Labute approximate surface area is 113 Å². The number of nitrogens with zero attached hydrogens (tertiary/aromatic N) is 1. The Morgan fingerprint density at radius 3 is 3.00 bits per heavy atom. The van der Waals surface area contributed by atoms with Crippen LogP contribution in [0.4, 0.5) is 0 Å². The second-order valence-corrected chi connectivity index (χ2v) is 5.03. The van der Waals surface area contributed by atoms with Gasteiger partial charge in [-0.3, -0.25) is 4.98 Å². The molecule has 2 fully saturated rings. The van der Waals surface area contributed by atoms with Crippen molar-refractivity contribution in [2.24, 2.45) is 0 Å². The standard InChI is InChI=1S/C14H20N2O3/c1-2-6-16-12(3-1)9-15-10-13-11-18-14(19-13)4-7-17-8-5-14/h1-3,6,13,15H,4-5,7-11H2. The molecule has 0 saturated carbocycles. The van der Waals surface area contributed by atoms with Gasteiger partial charge in [-0.15, -0.1) is 0 Å². The molecule has 104 valence electrons. The van der Waals surface area contributed by atoms with Crippen LogP contribution in [-0.2, 0) is 20.8 Å². The molecule has 5 heteroatoms. The first-order valence-corrected chi connectivity index (χ1v) is 6.86. The molecule has 1 atom stereocenters. The molecule has 19 heavy (non-hydrogen) atoms. The Balaban J connectivity index is 1.42. The molecular formula is C14H20N2O3. The van der Waals surface area contributed by atoms with Crippen molar-refractivity contribution in [2.75, 3.05) is 26.4 Å². The minimum Gasteiger partial charge on any atom is -0.381 e. The Morgan fingerprint density at radius 1 is 1.32 bits per heavy atom. The molecule has 1 spiro atoms. The van der Waals surface area contributed by atoms with E-state index >= 15 is 0 Å². The lowest BCUT2D eigenvalue weighted by molar-refractivity contribution is -0.210. The quantitative estimate of drug-likeness (QED) is 0.882. The average molecular weight is 264 g/mol. The molecule has 0 bridgehead atoms. The van der Waals surface area contributed by atoms with Gasteiger partial charge in [-0.25, -0.2) is 0 Å². The van der Waals surface area contributed by atoms with E-state index < -0.39 is 0 Å². The van der Waals surface area contributed by atoms with Gasteiger partial charge in [-0.2, -0.15) is 0 Å². The molecular weight excluding hydrogens is 244 g/mol. The number of hydrogen-bond acceptors (Lipinski definition) is 5. The van der Waals surface area contributed by atoms with Crippen LogP contribution in [0.1, 0.15) is 18.5 Å². The van der Waals surface area contributed by atoms with E-state index in [2.05, 4.69) is 10.3 Å². The second kappa shape index (κ2) is 5.96. The van der Waals surface area contributed by atoms with Crippen LogP contribution < -0.4 is 5.32 Å². The molecule has 0 radical (unpaired) electrons. The fourth-order valence-electron chi connectivity index (χ4n) is 2.53. The van der Waals surface area contributed by atoms with Crippen molar-refractivity contribution in [3.63, 3.8) is 0 Å². The van der Waals surface area contributed by atoms with Gasteiger partial charge < -0.3 is 19.5 Å². The first-order chi connectivity index (χ1) is 9.36. The zero-order valence-electron chi connectivity index (χ0n) is 11.0.